The Hall–Kier alpha value is -3.02. The first-order valence-electron chi connectivity index (χ1n) is 20.0. The van der Waals surface area contributed by atoms with Crippen molar-refractivity contribution in [1.82, 2.24) is 0 Å². The first kappa shape index (κ1) is 42.4. The molecule has 1 unspecified atom stereocenters. The molecule has 1 atom stereocenters. The minimum atomic E-state index is -0.492. The number of allylic oxidation sites excluding steroid dienone is 1. The molecule has 5 nitrogen and oxygen atoms in total. The van der Waals surface area contributed by atoms with Gasteiger partial charge in [-0.15, -0.1) is 0 Å². The first-order chi connectivity index (χ1) is 24.7. The number of aliphatic hydroxyl groups is 1. The van der Waals surface area contributed by atoms with E-state index in [9.17, 15) is 9.59 Å². The number of carbonyl (C=O) groups excluding carboxylic acids is 2. The summed E-state index contributed by atoms with van der Waals surface area (Å²) in [6.07, 6.45) is 21.1. The molecular weight excluding hydrogens is 633 g/mol. The summed E-state index contributed by atoms with van der Waals surface area (Å²) in [5.41, 5.74) is 7.99. The summed E-state index contributed by atoms with van der Waals surface area (Å²) in [5.74, 6) is 3.03. The van der Waals surface area contributed by atoms with Crippen LogP contribution in [-0.2, 0) is 31.9 Å². The van der Waals surface area contributed by atoms with E-state index in [4.69, 9.17) is 14.6 Å². The zero-order valence-corrected chi connectivity index (χ0v) is 32.4. The lowest BCUT2D eigenvalue weighted by Gasteiger charge is -2.35. The van der Waals surface area contributed by atoms with Crippen LogP contribution in [0.15, 0.2) is 66.8 Å². The number of esters is 1. The number of benzene rings is 2. The Balaban J connectivity index is 0.00000131. The Morgan fingerprint density at radius 2 is 1.49 bits per heavy atom. The van der Waals surface area contributed by atoms with E-state index in [1.54, 1.807) is 14.0 Å². The van der Waals surface area contributed by atoms with Gasteiger partial charge < -0.3 is 14.6 Å². The predicted octanol–water partition coefficient (Wildman–Crippen LogP) is 11.0. The summed E-state index contributed by atoms with van der Waals surface area (Å²) in [6, 6.07) is 16.7. The third-order valence-electron chi connectivity index (χ3n) is 11.5. The number of ether oxygens (including phenoxy) is 2. The van der Waals surface area contributed by atoms with Crippen molar-refractivity contribution < 1.29 is 24.2 Å². The van der Waals surface area contributed by atoms with E-state index in [-0.39, 0.29) is 12.2 Å². The Morgan fingerprint density at radius 1 is 0.882 bits per heavy atom. The molecule has 0 amide bonds. The van der Waals surface area contributed by atoms with Crippen LogP contribution >= 0.6 is 0 Å². The van der Waals surface area contributed by atoms with Crippen LogP contribution in [0, 0.1) is 23.7 Å². The molecule has 0 saturated heterocycles. The fraction of sp³-hybridized carbons (Fsp3) is 0.609. The van der Waals surface area contributed by atoms with E-state index in [2.05, 4.69) is 69.5 Å². The monoisotopic (exact) mass is 701 g/mol. The molecule has 0 bridgehead atoms. The predicted molar refractivity (Wildman–Crippen MR) is 212 cm³/mol. The Kier molecular flexibility index (Phi) is 19.6. The van der Waals surface area contributed by atoms with Crippen LogP contribution in [0.5, 0.6) is 0 Å². The van der Waals surface area contributed by atoms with Gasteiger partial charge in [0.2, 0.25) is 0 Å². The maximum Gasteiger partial charge on any atom is 0.335 e. The second-order valence-electron chi connectivity index (χ2n) is 15.4. The molecule has 2 saturated carbocycles. The number of rotatable bonds is 19. The molecule has 0 aromatic heterocycles. The summed E-state index contributed by atoms with van der Waals surface area (Å²) in [5, 5.41) is 9.07. The lowest BCUT2D eigenvalue weighted by Crippen LogP contribution is -2.27. The average Bonchev–Trinajstić information content (AvgIpc) is 3.17. The quantitative estimate of drug-likeness (QED) is 0.0683. The number of hydrogen-bond acceptors (Lipinski definition) is 5. The molecular formula is C46H68O5. The number of methoxy groups -OCH3 is 1. The molecule has 2 fully saturated rings. The maximum absolute atomic E-state index is 11.8. The normalized spacial score (nSPS) is 20.8. The van der Waals surface area contributed by atoms with Gasteiger partial charge in [0.25, 0.3) is 0 Å². The Bertz CT molecular complexity index is 1330. The van der Waals surface area contributed by atoms with Crippen molar-refractivity contribution >= 4 is 12.3 Å². The van der Waals surface area contributed by atoms with Crippen LogP contribution in [0.2, 0.25) is 0 Å². The number of aryl methyl sites for hydroxylation is 2. The second-order valence-corrected chi connectivity index (χ2v) is 15.4. The highest BCUT2D eigenvalue weighted by atomic mass is 16.5. The van der Waals surface area contributed by atoms with E-state index >= 15 is 0 Å². The summed E-state index contributed by atoms with van der Waals surface area (Å²) in [6.45, 7) is 13.8. The molecule has 0 spiro atoms. The van der Waals surface area contributed by atoms with Crippen LogP contribution in [-0.4, -0.2) is 44.3 Å². The van der Waals surface area contributed by atoms with Crippen LogP contribution < -0.4 is 0 Å². The zero-order chi connectivity index (χ0) is 37.0. The molecule has 0 radical (unpaired) electrons. The van der Waals surface area contributed by atoms with Crippen molar-refractivity contribution in [2.45, 2.75) is 129 Å². The zero-order valence-electron chi connectivity index (χ0n) is 32.4. The van der Waals surface area contributed by atoms with Gasteiger partial charge in [0, 0.05) is 13.7 Å². The number of unbranched alkanes of at least 4 members (excludes halogenated alkanes) is 2. The lowest BCUT2D eigenvalue weighted by molar-refractivity contribution is -0.140. The van der Waals surface area contributed by atoms with E-state index in [0.29, 0.717) is 36.5 Å². The van der Waals surface area contributed by atoms with Crippen LogP contribution in [0.25, 0.3) is 11.1 Å². The molecule has 0 aliphatic heterocycles. The van der Waals surface area contributed by atoms with Gasteiger partial charge in [-0.3, -0.25) is 4.79 Å². The largest absolute Gasteiger partial charge is 0.462 e. The minimum absolute atomic E-state index is 0.117. The standard InChI is InChI=1S/C42H62O4.C4H6O/c1-5-7-8-9-35-24-25-40(28-34(35)6-2)38-22-20-37(21-23-38)36-16-12-32(13-17-36)10-11-33-14-18-39(19-15-33)41(30-45-4)26-27-46-42(44)31(3)29-43;1-4(2)3-5/h20-25,28,32-33,36,39,41,43H,3,5-19,26-27,29-30H2,1-2,4H3;3H,1H2,2H3. The highest BCUT2D eigenvalue weighted by molar-refractivity contribution is 5.87. The van der Waals surface area contributed by atoms with Gasteiger partial charge >= 0.3 is 5.97 Å². The van der Waals surface area contributed by atoms with Gasteiger partial charge in [0.1, 0.15) is 6.29 Å². The number of hydrogen-bond donors (Lipinski definition) is 1. The Labute approximate surface area is 310 Å². The van der Waals surface area contributed by atoms with Crippen LogP contribution in [0.4, 0.5) is 0 Å². The maximum atomic E-state index is 11.8. The summed E-state index contributed by atoms with van der Waals surface area (Å²) in [7, 11) is 1.76. The van der Waals surface area contributed by atoms with Crippen LogP contribution in [0.3, 0.4) is 0 Å². The van der Waals surface area contributed by atoms with Gasteiger partial charge in [-0.2, -0.15) is 0 Å². The molecule has 4 rings (SSSR count). The van der Waals surface area contributed by atoms with Crippen molar-refractivity contribution in [2.75, 3.05) is 26.9 Å². The van der Waals surface area contributed by atoms with Crippen molar-refractivity contribution in [2.24, 2.45) is 23.7 Å². The second kappa shape index (κ2) is 23.5. The van der Waals surface area contributed by atoms with E-state index < -0.39 is 5.97 Å². The summed E-state index contributed by atoms with van der Waals surface area (Å²) < 4.78 is 10.8. The average molecular weight is 701 g/mol. The van der Waals surface area contributed by atoms with Crippen molar-refractivity contribution in [3.8, 4) is 11.1 Å². The van der Waals surface area contributed by atoms with Gasteiger partial charge in [-0.25, -0.2) is 4.79 Å². The highest BCUT2D eigenvalue weighted by Gasteiger charge is 2.29. The van der Waals surface area contributed by atoms with Crippen molar-refractivity contribution in [1.29, 1.82) is 0 Å². The number of carbonyl (C=O) groups is 2. The van der Waals surface area contributed by atoms with E-state index in [1.165, 1.54) is 118 Å². The molecule has 282 valence electrons. The van der Waals surface area contributed by atoms with Crippen molar-refractivity contribution in [3.05, 3.63) is 83.5 Å². The Morgan fingerprint density at radius 3 is 2.04 bits per heavy atom. The van der Waals surface area contributed by atoms with Gasteiger partial charge in [-0.1, -0.05) is 108 Å². The highest BCUT2D eigenvalue weighted by Crippen LogP contribution is 2.41. The third kappa shape index (κ3) is 14.5. The molecule has 51 heavy (non-hydrogen) atoms. The van der Waals surface area contributed by atoms with Gasteiger partial charge in [0.15, 0.2) is 0 Å². The SMILES string of the molecule is C=C(C)C=O.C=C(CO)C(=O)OCCC(COC)C1CCC(CCC2CCC(c3ccc(-c4ccc(CCCCC)c(CC)c4)cc3)CC2)CC1. The topological polar surface area (TPSA) is 72.8 Å². The number of aldehydes is 1. The fourth-order valence-electron chi connectivity index (χ4n) is 8.23. The molecule has 2 aromatic rings. The molecule has 2 aromatic carbocycles. The number of aliphatic hydroxyl groups excluding tert-OH is 1. The molecule has 0 heterocycles. The minimum Gasteiger partial charge on any atom is -0.462 e. The fourth-order valence-corrected chi connectivity index (χ4v) is 8.23. The molecule has 5 heteroatoms. The van der Waals surface area contributed by atoms with Gasteiger partial charge in [0.05, 0.1) is 18.8 Å². The molecule has 2 aliphatic carbocycles. The lowest BCUT2D eigenvalue weighted by atomic mass is 9.72. The van der Waals surface area contributed by atoms with E-state index in [1.807, 2.05) is 0 Å². The summed E-state index contributed by atoms with van der Waals surface area (Å²) >= 11 is 0. The molecule has 2 aliphatic rings. The molecule has 1 N–H and O–H groups in total. The van der Waals surface area contributed by atoms with E-state index in [0.717, 1.165) is 31.0 Å². The van der Waals surface area contributed by atoms with Crippen LogP contribution in [0.1, 0.15) is 133 Å². The smallest absolute Gasteiger partial charge is 0.335 e. The third-order valence-corrected chi connectivity index (χ3v) is 11.5. The summed E-state index contributed by atoms with van der Waals surface area (Å²) in [4.78, 5) is 21.2. The van der Waals surface area contributed by atoms with Gasteiger partial charge in [-0.05, 0) is 134 Å². The first-order valence-corrected chi connectivity index (χ1v) is 20.0. The van der Waals surface area contributed by atoms with Crippen molar-refractivity contribution in [3.63, 3.8) is 0 Å².